The van der Waals surface area contributed by atoms with Crippen LogP contribution in [0, 0.1) is 27.7 Å². The van der Waals surface area contributed by atoms with Gasteiger partial charge in [0, 0.05) is 34.3 Å². The van der Waals surface area contributed by atoms with Crippen molar-refractivity contribution < 1.29 is 0 Å². The third-order valence-electron chi connectivity index (χ3n) is 8.25. The number of imidazole rings is 1. The van der Waals surface area contributed by atoms with Crippen molar-refractivity contribution in [2.24, 2.45) is 0 Å². The SMILES string of the molecule is Cc1c(C)c(-n2c3ccccc3c3ccccc32)c(C)c(C)c1-c1ncncc1-n1ccnc1-c1ccccc1. The van der Waals surface area contributed by atoms with Gasteiger partial charge in [0.25, 0.3) is 0 Å². The Morgan fingerprint density at radius 3 is 1.88 bits per heavy atom. The zero-order valence-electron chi connectivity index (χ0n) is 23.1. The summed E-state index contributed by atoms with van der Waals surface area (Å²) in [6.45, 7) is 8.90. The number of para-hydroxylation sites is 2. The highest BCUT2D eigenvalue weighted by Gasteiger charge is 2.23. The molecule has 5 heteroatoms. The van der Waals surface area contributed by atoms with Gasteiger partial charge in [0.1, 0.15) is 12.2 Å². The summed E-state index contributed by atoms with van der Waals surface area (Å²) in [5.74, 6) is 0.863. The van der Waals surface area contributed by atoms with Crippen LogP contribution in [0.1, 0.15) is 22.3 Å². The Morgan fingerprint density at radius 1 is 0.625 bits per heavy atom. The van der Waals surface area contributed by atoms with Gasteiger partial charge < -0.3 is 4.57 Å². The highest BCUT2D eigenvalue weighted by Crippen LogP contribution is 2.41. The molecule has 0 saturated carbocycles. The molecule has 0 radical (unpaired) electrons. The molecule has 3 heterocycles. The Morgan fingerprint density at radius 2 is 1.23 bits per heavy atom. The van der Waals surface area contributed by atoms with Crippen LogP contribution < -0.4 is 0 Å². The van der Waals surface area contributed by atoms with Crippen LogP contribution in [-0.2, 0) is 0 Å². The summed E-state index contributed by atoms with van der Waals surface area (Å²) < 4.78 is 4.53. The smallest absolute Gasteiger partial charge is 0.144 e. The van der Waals surface area contributed by atoms with Gasteiger partial charge in [-0.2, -0.15) is 0 Å². The summed E-state index contributed by atoms with van der Waals surface area (Å²) in [6, 6.07) is 27.6. The zero-order chi connectivity index (χ0) is 27.4. The van der Waals surface area contributed by atoms with E-state index in [1.165, 1.54) is 49.7 Å². The van der Waals surface area contributed by atoms with E-state index in [-0.39, 0.29) is 0 Å². The van der Waals surface area contributed by atoms with Crippen molar-refractivity contribution in [3.05, 3.63) is 126 Å². The molecule has 3 aromatic heterocycles. The first-order valence-electron chi connectivity index (χ1n) is 13.5. The first-order valence-corrected chi connectivity index (χ1v) is 13.5. The molecule has 40 heavy (non-hydrogen) atoms. The van der Waals surface area contributed by atoms with Gasteiger partial charge in [0.2, 0.25) is 0 Å². The van der Waals surface area contributed by atoms with Crippen LogP contribution >= 0.6 is 0 Å². The van der Waals surface area contributed by atoms with Crippen molar-refractivity contribution in [1.82, 2.24) is 24.1 Å². The average Bonchev–Trinajstić information content (AvgIpc) is 3.61. The maximum Gasteiger partial charge on any atom is 0.144 e. The monoisotopic (exact) mass is 519 g/mol. The molecule has 5 nitrogen and oxygen atoms in total. The Hall–Kier alpha value is -5.03. The third-order valence-corrected chi connectivity index (χ3v) is 8.25. The summed E-state index contributed by atoms with van der Waals surface area (Å²) in [5.41, 5.74) is 12.6. The fourth-order valence-electron chi connectivity index (χ4n) is 6.14. The fraction of sp³-hybridized carbons (Fsp3) is 0.114. The molecule has 0 aliphatic carbocycles. The van der Waals surface area contributed by atoms with Crippen LogP contribution in [0.5, 0.6) is 0 Å². The molecule has 0 unspecified atom stereocenters. The van der Waals surface area contributed by atoms with Crippen molar-refractivity contribution >= 4 is 21.8 Å². The molecule has 4 aromatic carbocycles. The summed E-state index contributed by atoms with van der Waals surface area (Å²) >= 11 is 0. The van der Waals surface area contributed by atoms with Crippen LogP contribution in [0.4, 0.5) is 0 Å². The minimum Gasteiger partial charge on any atom is -0.309 e. The van der Waals surface area contributed by atoms with Gasteiger partial charge in [-0.05, 0) is 62.1 Å². The predicted octanol–water partition coefficient (Wildman–Crippen LogP) is 8.33. The van der Waals surface area contributed by atoms with E-state index in [2.05, 4.69) is 107 Å². The zero-order valence-corrected chi connectivity index (χ0v) is 23.1. The van der Waals surface area contributed by atoms with Gasteiger partial charge in [0.05, 0.1) is 34.3 Å². The maximum absolute atomic E-state index is 4.87. The maximum atomic E-state index is 4.87. The van der Waals surface area contributed by atoms with E-state index >= 15 is 0 Å². The number of hydrogen-bond donors (Lipinski definition) is 0. The Balaban J connectivity index is 1.49. The van der Waals surface area contributed by atoms with Gasteiger partial charge in [0.15, 0.2) is 0 Å². The molecule has 194 valence electrons. The molecular formula is C35H29N5. The van der Waals surface area contributed by atoms with E-state index in [0.29, 0.717) is 0 Å². The van der Waals surface area contributed by atoms with Crippen molar-refractivity contribution in [2.45, 2.75) is 27.7 Å². The third kappa shape index (κ3) is 3.51. The molecule has 0 fully saturated rings. The topological polar surface area (TPSA) is 48.5 Å². The van der Waals surface area contributed by atoms with Crippen molar-refractivity contribution in [1.29, 1.82) is 0 Å². The highest BCUT2D eigenvalue weighted by atomic mass is 15.1. The van der Waals surface area contributed by atoms with E-state index < -0.39 is 0 Å². The van der Waals surface area contributed by atoms with Gasteiger partial charge in [-0.25, -0.2) is 15.0 Å². The lowest BCUT2D eigenvalue weighted by molar-refractivity contribution is 1.01. The quantitative estimate of drug-likeness (QED) is 0.235. The number of nitrogens with zero attached hydrogens (tertiary/aromatic N) is 5. The average molecular weight is 520 g/mol. The first-order chi connectivity index (χ1) is 19.6. The van der Waals surface area contributed by atoms with Gasteiger partial charge in [-0.3, -0.25) is 4.57 Å². The molecule has 0 aliphatic heterocycles. The summed E-state index contributed by atoms with van der Waals surface area (Å²) in [7, 11) is 0. The second-order valence-corrected chi connectivity index (χ2v) is 10.3. The lowest BCUT2D eigenvalue weighted by atomic mass is 9.89. The van der Waals surface area contributed by atoms with Crippen LogP contribution in [0.3, 0.4) is 0 Å². The van der Waals surface area contributed by atoms with Gasteiger partial charge >= 0.3 is 0 Å². The minimum absolute atomic E-state index is 0.863. The molecule has 0 atom stereocenters. The summed E-state index contributed by atoms with van der Waals surface area (Å²) in [5, 5.41) is 2.53. The van der Waals surface area contributed by atoms with E-state index in [9.17, 15) is 0 Å². The van der Waals surface area contributed by atoms with Crippen molar-refractivity contribution in [3.8, 4) is 34.0 Å². The molecule has 0 N–H and O–H groups in total. The minimum atomic E-state index is 0.863. The van der Waals surface area contributed by atoms with Crippen LogP contribution in [0.2, 0.25) is 0 Å². The van der Waals surface area contributed by atoms with Gasteiger partial charge in [-0.15, -0.1) is 0 Å². The number of rotatable bonds is 4. The molecule has 0 saturated heterocycles. The van der Waals surface area contributed by atoms with Crippen molar-refractivity contribution in [2.75, 3.05) is 0 Å². The van der Waals surface area contributed by atoms with Gasteiger partial charge in [-0.1, -0.05) is 66.7 Å². The second kappa shape index (κ2) is 9.31. The summed E-state index contributed by atoms with van der Waals surface area (Å²) in [6.07, 6.45) is 7.35. The molecule has 0 aliphatic rings. The van der Waals surface area contributed by atoms with Crippen LogP contribution in [0.15, 0.2) is 104 Å². The molecule has 7 aromatic rings. The molecule has 0 amide bonds. The summed E-state index contributed by atoms with van der Waals surface area (Å²) in [4.78, 5) is 14.0. The number of aromatic nitrogens is 5. The first kappa shape index (κ1) is 24.0. The van der Waals surface area contributed by atoms with Crippen molar-refractivity contribution in [3.63, 3.8) is 0 Å². The van der Waals surface area contributed by atoms with Crippen LogP contribution in [0.25, 0.3) is 55.8 Å². The fourth-order valence-corrected chi connectivity index (χ4v) is 6.14. The predicted molar refractivity (Wildman–Crippen MR) is 163 cm³/mol. The molecule has 7 rings (SSSR count). The molecule has 0 spiro atoms. The van der Waals surface area contributed by atoms with E-state index in [1.807, 2.05) is 36.8 Å². The molecular weight excluding hydrogens is 490 g/mol. The number of benzene rings is 4. The standard InChI is InChI=1S/C35H29N5/c1-22-24(3)34(40-29-16-10-8-14-27(29)28-15-9-11-17-30(28)40)25(4)23(2)32(22)33-31(20-36-21-38-33)39-19-18-37-35(39)26-12-6-5-7-13-26/h5-21H,1-4H3. The Kier molecular flexibility index (Phi) is 5.60. The van der Waals surface area contributed by atoms with E-state index in [0.717, 1.165) is 28.3 Å². The van der Waals surface area contributed by atoms with Crippen LogP contribution in [-0.4, -0.2) is 24.1 Å². The number of hydrogen-bond acceptors (Lipinski definition) is 3. The Bertz CT molecular complexity index is 1960. The highest BCUT2D eigenvalue weighted by molar-refractivity contribution is 6.09. The normalized spacial score (nSPS) is 11.5. The second-order valence-electron chi connectivity index (χ2n) is 10.3. The lowest BCUT2D eigenvalue weighted by Gasteiger charge is -2.23. The Labute approximate surface area is 233 Å². The van der Waals surface area contributed by atoms with E-state index in [4.69, 9.17) is 4.98 Å². The largest absolute Gasteiger partial charge is 0.309 e. The van der Waals surface area contributed by atoms with E-state index in [1.54, 1.807) is 6.33 Å². The number of fused-ring (bicyclic) bond motifs is 3. The molecule has 0 bridgehead atoms. The lowest BCUT2D eigenvalue weighted by Crippen LogP contribution is -2.09.